The summed E-state index contributed by atoms with van der Waals surface area (Å²) in [7, 11) is 0. The summed E-state index contributed by atoms with van der Waals surface area (Å²) in [4.78, 5) is 13.2. The number of halogens is 3. The first-order valence-electron chi connectivity index (χ1n) is 5.96. The predicted octanol–water partition coefficient (Wildman–Crippen LogP) is 2.09. The Morgan fingerprint density at radius 3 is 2.42 bits per heavy atom. The molecule has 1 atom stereocenters. The van der Waals surface area contributed by atoms with E-state index in [1.807, 2.05) is 0 Å². The summed E-state index contributed by atoms with van der Waals surface area (Å²) < 4.78 is 39.8. The number of rotatable bonds is 1. The number of β-amino-alcohol motifs (C(OH)–C–C–N with tert-alkyl or cyclic N) is 1. The molecule has 1 aliphatic heterocycles. The lowest BCUT2D eigenvalue weighted by molar-refractivity contribution is -0.0110. The zero-order chi connectivity index (χ0) is 14.2. The van der Waals surface area contributed by atoms with Gasteiger partial charge in [-0.05, 0) is 19.8 Å². The summed E-state index contributed by atoms with van der Waals surface area (Å²) in [5.41, 5.74) is -1.85. The van der Waals surface area contributed by atoms with Gasteiger partial charge < -0.3 is 10.0 Å². The maximum absolute atomic E-state index is 13.5. The molecule has 1 aliphatic rings. The largest absolute Gasteiger partial charge is 0.388 e. The summed E-state index contributed by atoms with van der Waals surface area (Å²) in [5.74, 6) is -4.40. The lowest BCUT2D eigenvalue weighted by Gasteiger charge is -2.36. The number of benzene rings is 1. The molecule has 1 unspecified atom stereocenters. The third-order valence-electron chi connectivity index (χ3n) is 3.18. The second-order valence-corrected chi connectivity index (χ2v) is 5.07. The van der Waals surface area contributed by atoms with Crippen LogP contribution in [-0.4, -0.2) is 34.6 Å². The Hall–Kier alpha value is -1.56. The van der Waals surface area contributed by atoms with Crippen molar-refractivity contribution in [1.82, 2.24) is 4.90 Å². The second kappa shape index (κ2) is 4.85. The van der Waals surface area contributed by atoms with Crippen LogP contribution in [0.2, 0.25) is 0 Å². The normalized spacial score (nSPS) is 23.5. The second-order valence-electron chi connectivity index (χ2n) is 5.07. The molecule has 1 fully saturated rings. The van der Waals surface area contributed by atoms with Gasteiger partial charge in [0.2, 0.25) is 0 Å². The number of nitrogens with zero attached hydrogens (tertiary/aromatic N) is 1. The van der Waals surface area contributed by atoms with Crippen LogP contribution in [0.4, 0.5) is 13.2 Å². The van der Waals surface area contributed by atoms with Crippen molar-refractivity contribution in [3.05, 3.63) is 35.1 Å². The molecule has 1 aromatic carbocycles. The molecule has 6 heteroatoms. The molecular formula is C13H14F3NO2. The summed E-state index contributed by atoms with van der Waals surface area (Å²) >= 11 is 0. The summed E-state index contributed by atoms with van der Waals surface area (Å²) in [6.45, 7) is 1.87. The van der Waals surface area contributed by atoms with Gasteiger partial charge in [-0.1, -0.05) is 0 Å². The fourth-order valence-corrected chi connectivity index (χ4v) is 2.30. The number of hydrogen-bond acceptors (Lipinski definition) is 2. The van der Waals surface area contributed by atoms with Crippen LogP contribution in [0, 0.1) is 17.5 Å². The minimum absolute atomic E-state index is 0.00207. The molecule has 1 aromatic rings. The fraction of sp³-hybridized carbons (Fsp3) is 0.462. The van der Waals surface area contributed by atoms with Crippen molar-refractivity contribution in [1.29, 1.82) is 0 Å². The average molecular weight is 273 g/mol. The molecule has 1 saturated heterocycles. The van der Waals surface area contributed by atoms with Gasteiger partial charge in [0.1, 0.15) is 23.0 Å². The average Bonchev–Trinajstić information content (AvgIpc) is 2.25. The SMILES string of the molecule is CC1(O)CCCN(C(=O)c2c(F)cc(F)cc2F)C1. The quantitative estimate of drug-likeness (QED) is 0.851. The Morgan fingerprint density at radius 1 is 1.32 bits per heavy atom. The number of likely N-dealkylation sites (tertiary alicyclic amines) is 1. The minimum Gasteiger partial charge on any atom is -0.388 e. The van der Waals surface area contributed by atoms with Crippen molar-refractivity contribution in [2.75, 3.05) is 13.1 Å². The van der Waals surface area contributed by atoms with Gasteiger partial charge in [-0.15, -0.1) is 0 Å². The van der Waals surface area contributed by atoms with Gasteiger partial charge in [0.15, 0.2) is 0 Å². The van der Waals surface area contributed by atoms with Crippen molar-refractivity contribution in [3.63, 3.8) is 0 Å². The van der Waals surface area contributed by atoms with E-state index in [4.69, 9.17) is 0 Å². The third-order valence-corrected chi connectivity index (χ3v) is 3.18. The monoisotopic (exact) mass is 273 g/mol. The number of hydrogen-bond donors (Lipinski definition) is 1. The zero-order valence-corrected chi connectivity index (χ0v) is 10.4. The molecule has 0 aromatic heterocycles. The summed E-state index contributed by atoms with van der Waals surface area (Å²) in [6, 6.07) is 0.941. The maximum Gasteiger partial charge on any atom is 0.259 e. The molecule has 0 spiro atoms. The smallest absolute Gasteiger partial charge is 0.259 e. The minimum atomic E-state index is -1.23. The topological polar surface area (TPSA) is 40.5 Å². The third kappa shape index (κ3) is 2.89. The Balaban J connectivity index is 2.30. The van der Waals surface area contributed by atoms with Crippen LogP contribution in [0.3, 0.4) is 0 Å². The molecule has 3 nitrogen and oxygen atoms in total. The van der Waals surface area contributed by atoms with E-state index in [-0.39, 0.29) is 6.54 Å². The van der Waals surface area contributed by atoms with Crippen molar-refractivity contribution in [2.45, 2.75) is 25.4 Å². The van der Waals surface area contributed by atoms with E-state index < -0.39 is 34.5 Å². The number of carbonyl (C=O) groups excluding carboxylic acids is 1. The summed E-state index contributed by atoms with van der Waals surface area (Å²) in [6.07, 6.45) is 1.06. The molecule has 1 N–H and O–H groups in total. The molecule has 0 radical (unpaired) electrons. The van der Waals surface area contributed by atoms with Gasteiger partial charge in [0, 0.05) is 25.2 Å². The molecule has 0 saturated carbocycles. The molecule has 1 heterocycles. The first kappa shape index (κ1) is 13.9. The van der Waals surface area contributed by atoms with Crippen LogP contribution in [0.5, 0.6) is 0 Å². The highest BCUT2D eigenvalue weighted by molar-refractivity contribution is 5.94. The highest BCUT2D eigenvalue weighted by Gasteiger charge is 2.33. The van der Waals surface area contributed by atoms with Crippen molar-refractivity contribution < 1.29 is 23.1 Å². The van der Waals surface area contributed by atoms with Gasteiger partial charge in [-0.25, -0.2) is 13.2 Å². The Morgan fingerprint density at radius 2 is 1.89 bits per heavy atom. The molecule has 1 amide bonds. The Bertz CT molecular complexity index is 494. The van der Waals surface area contributed by atoms with Crippen LogP contribution in [0.15, 0.2) is 12.1 Å². The van der Waals surface area contributed by atoms with Crippen LogP contribution < -0.4 is 0 Å². The van der Waals surface area contributed by atoms with Crippen LogP contribution >= 0.6 is 0 Å². The zero-order valence-electron chi connectivity index (χ0n) is 10.4. The van der Waals surface area contributed by atoms with Gasteiger partial charge in [-0.3, -0.25) is 4.79 Å². The van der Waals surface area contributed by atoms with E-state index >= 15 is 0 Å². The Labute approximate surface area is 108 Å². The standard InChI is InChI=1S/C13H14F3NO2/c1-13(19)3-2-4-17(7-13)12(18)11-9(15)5-8(14)6-10(11)16/h5-6,19H,2-4,7H2,1H3. The lowest BCUT2D eigenvalue weighted by atomic mass is 9.94. The van der Waals surface area contributed by atoms with E-state index in [9.17, 15) is 23.1 Å². The van der Waals surface area contributed by atoms with Crippen LogP contribution in [0.1, 0.15) is 30.1 Å². The number of carbonyl (C=O) groups is 1. The molecule has 19 heavy (non-hydrogen) atoms. The van der Waals surface area contributed by atoms with Crippen molar-refractivity contribution in [3.8, 4) is 0 Å². The number of aliphatic hydroxyl groups is 1. The van der Waals surface area contributed by atoms with Gasteiger partial charge in [0.05, 0.1) is 5.60 Å². The highest BCUT2D eigenvalue weighted by Crippen LogP contribution is 2.24. The van der Waals surface area contributed by atoms with E-state index in [1.165, 1.54) is 4.90 Å². The van der Waals surface area contributed by atoms with Gasteiger partial charge >= 0.3 is 0 Å². The molecule has 0 bridgehead atoms. The van der Waals surface area contributed by atoms with Crippen LogP contribution in [-0.2, 0) is 0 Å². The molecule has 0 aliphatic carbocycles. The molecule has 104 valence electrons. The maximum atomic E-state index is 13.5. The first-order chi connectivity index (χ1) is 8.80. The van der Waals surface area contributed by atoms with Gasteiger partial charge in [0.25, 0.3) is 5.91 Å². The van der Waals surface area contributed by atoms with Crippen molar-refractivity contribution >= 4 is 5.91 Å². The van der Waals surface area contributed by atoms with E-state index in [2.05, 4.69) is 0 Å². The predicted molar refractivity (Wildman–Crippen MR) is 62.1 cm³/mol. The van der Waals surface area contributed by atoms with Crippen molar-refractivity contribution in [2.24, 2.45) is 0 Å². The van der Waals surface area contributed by atoms with Gasteiger partial charge in [-0.2, -0.15) is 0 Å². The molecular weight excluding hydrogens is 259 g/mol. The lowest BCUT2D eigenvalue weighted by Crippen LogP contribution is -2.48. The number of amides is 1. The highest BCUT2D eigenvalue weighted by atomic mass is 19.1. The Kier molecular flexibility index (Phi) is 3.54. The number of piperidine rings is 1. The molecule has 2 rings (SSSR count). The van der Waals surface area contributed by atoms with Crippen LogP contribution in [0.25, 0.3) is 0 Å². The van der Waals surface area contributed by atoms with E-state index in [0.717, 1.165) is 0 Å². The van der Waals surface area contributed by atoms with E-state index in [1.54, 1.807) is 6.92 Å². The van der Waals surface area contributed by atoms with E-state index in [0.29, 0.717) is 31.5 Å². The first-order valence-corrected chi connectivity index (χ1v) is 5.96. The fourth-order valence-electron chi connectivity index (χ4n) is 2.30. The summed E-state index contributed by atoms with van der Waals surface area (Å²) in [5, 5.41) is 9.88.